The normalized spacial score (nSPS) is 21.8. The fraction of sp³-hybridized carbons (Fsp3) is 0.880. The van der Waals surface area contributed by atoms with Crippen molar-refractivity contribution in [2.45, 2.75) is 51.2 Å². The summed E-state index contributed by atoms with van der Waals surface area (Å²) in [6, 6.07) is 0.505. The highest BCUT2D eigenvalue weighted by atomic mass is 16.4. The molecule has 12 heteroatoms. The summed E-state index contributed by atoms with van der Waals surface area (Å²) in [7, 11) is 0. The summed E-state index contributed by atoms with van der Waals surface area (Å²) in [4.78, 5) is 44.0. The number of carbonyl (C=O) groups is 3. The first-order chi connectivity index (χ1) is 17.7. The average Bonchev–Trinajstić information content (AvgIpc) is 2.83. The molecule has 0 aromatic carbocycles. The molecule has 2 fully saturated rings. The second-order valence-corrected chi connectivity index (χ2v) is 10.3. The third-order valence-electron chi connectivity index (χ3n) is 7.42. The lowest BCUT2D eigenvalue weighted by Gasteiger charge is -2.37. The Morgan fingerprint density at radius 3 is 1.43 bits per heavy atom. The molecule has 0 aromatic rings. The van der Waals surface area contributed by atoms with E-state index in [2.05, 4.69) is 16.7 Å². The lowest BCUT2D eigenvalue weighted by molar-refractivity contribution is -0.140. The van der Waals surface area contributed by atoms with Crippen LogP contribution in [0.1, 0.15) is 39.0 Å². The van der Waals surface area contributed by atoms with Crippen molar-refractivity contribution in [3.05, 3.63) is 0 Å². The highest BCUT2D eigenvalue weighted by molar-refractivity contribution is 5.69. The number of rotatable bonds is 12. The molecule has 0 radical (unpaired) electrons. The Morgan fingerprint density at radius 1 is 0.703 bits per heavy atom. The maximum Gasteiger partial charge on any atom is 0.317 e. The summed E-state index contributed by atoms with van der Waals surface area (Å²) in [6.45, 7) is 7.03. The fourth-order valence-corrected chi connectivity index (χ4v) is 5.42. The predicted molar refractivity (Wildman–Crippen MR) is 139 cm³/mol. The van der Waals surface area contributed by atoms with Gasteiger partial charge in [0.2, 0.25) is 0 Å². The van der Waals surface area contributed by atoms with Gasteiger partial charge in [0.05, 0.1) is 25.7 Å². The molecule has 2 aliphatic rings. The molecule has 4 N–H and O–H groups in total. The first kappa shape index (κ1) is 31.4. The second kappa shape index (κ2) is 16.9. The standard InChI is InChI=1S/C25H47N5O7/c1-2-30(21-6-4-3-5-7-21)17-22(31)16-26-8-10-27(18-23(32)33)12-14-29(20-25(36)37)15-13-28(11-9-26)19-24(34)35/h21-22,31H,2-20H2,1H3,(H,32,33)(H,34,35)(H,36,37). The topological polar surface area (TPSA) is 148 Å². The Kier molecular flexibility index (Phi) is 14.3. The van der Waals surface area contributed by atoms with E-state index in [1.54, 1.807) is 14.7 Å². The molecule has 0 aromatic heterocycles. The minimum atomic E-state index is -0.976. The number of likely N-dealkylation sites (N-methyl/N-ethyl adjacent to an activating group) is 1. The van der Waals surface area contributed by atoms with Crippen molar-refractivity contribution in [3.8, 4) is 0 Å². The number of nitrogens with zero attached hydrogens (tertiary/aromatic N) is 5. The lowest BCUT2D eigenvalue weighted by atomic mass is 9.94. The van der Waals surface area contributed by atoms with Crippen LogP contribution in [-0.2, 0) is 14.4 Å². The zero-order valence-corrected chi connectivity index (χ0v) is 22.3. The molecule has 0 bridgehead atoms. The molecule has 37 heavy (non-hydrogen) atoms. The molecule has 1 saturated carbocycles. The van der Waals surface area contributed by atoms with E-state index in [-0.39, 0.29) is 19.6 Å². The number of aliphatic carboxylic acids is 3. The van der Waals surface area contributed by atoms with E-state index in [1.165, 1.54) is 19.3 Å². The van der Waals surface area contributed by atoms with E-state index in [1.807, 2.05) is 0 Å². The zero-order valence-electron chi connectivity index (χ0n) is 22.3. The smallest absolute Gasteiger partial charge is 0.317 e. The molecule has 1 atom stereocenters. The number of carboxylic acids is 3. The van der Waals surface area contributed by atoms with Crippen LogP contribution < -0.4 is 0 Å². The molecule has 1 heterocycles. The van der Waals surface area contributed by atoms with Crippen molar-refractivity contribution in [2.75, 3.05) is 91.6 Å². The summed E-state index contributed by atoms with van der Waals surface area (Å²) < 4.78 is 0. The minimum absolute atomic E-state index is 0.145. The highest BCUT2D eigenvalue weighted by Gasteiger charge is 2.24. The molecule has 1 saturated heterocycles. The SMILES string of the molecule is CCN(CC(O)CN1CCN(CC(=O)O)CCN(CC(=O)O)CCN(CC(=O)O)CC1)C1CCCCC1. The fourth-order valence-electron chi connectivity index (χ4n) is 5.42. The van der Waals surface area contributed by atoms with Crippen LogP contribution in [0, 0.1) is 0 Å². The van der Waals surface area contributed by atoms with Gasteiger partial charge in [-0.05, 0) is 19.4 Å². The first-order valence-corrected chi connectivity index (χ1v) is 13.6. The number of β-amino-alcohol motifs (C(OH)–C–C–N with tert-alkyl or cyclic N) is 1. The van der Waals surface area contributed by atoms with Gasteiger partial charge >= 0.3 is 17.9 Å². The number of aliphatic hydroxyl groups is 1. The van der Waals surface area contributed by atoms with Crippen LogP contribution in [0.4, 0.5) is 0 Å². The molecule has 214 valence electrons. The van der Waals surface area contributed by atoms with Crippen LogP contribution in [0.2, 0.25) is 0 Å². The van der Waals surface area contributed by atoms with Gasteiger partial charge in [0.1, 0.15) is 0 Å². The Labute approximate surface area is 220 Å². The number of hydrogen-bond acceptors (Lipinski definition) is 9. The van der Waals surface area contributed by atoms with Gasteiger partial charge in [0.25, 0.3) is 0 Å². The van der Waals surface area contributed by atoms with Crippen molar-refractivity contribution < 1.29 is 34.8 Å². The van der Waals surface area contributed by atoms with Gasteiger partial charge in [-0.2, -0.15) is 0 Å². The van der Waals surface area contributed by atoms with Gasteiger partial charge in [-0.25, -0.2) is 0 Å². The van der Waals surface area contributed by atoms with Crippen LogP contribution in [-0.4, -0.2) is 167 Å². The quantitative estimate of drug-likeness (QED) is 0.258. The molecule has 2 rings (SSSR count). The van der Waals surface area contributed by atoms with Crippen LogP contribution in [0.25, 0.3) is 0 Å². The first-order valence-electron chi connectivity index (χ1n) is 13.6. The Hall–Kier alpha value is -1.83. The van der Waals surface area contributed by atoms with Crippen molar-refractivity contribution in [3.63, 3.8) is 0 Å². The molecular weight excluding hydrogens is 482 g/mol. The maximum absolute atomic E-state index is 11.4. The van der Waals surface area contributed by atoms with Gasteiger partial charge in [-0.3, -0.25) is 38.9 Å². The maximum atomic E-state index is 11.4. The monoisotopic (exact) mass is 529 g/mol. The van der Waals surface area contributed by atoms with E-state index in [0.29, 0.717) is 71.5 Å². The summed E-state index contributed by atoms with van der Waals surface area (Å²) in [5, 5.41) is 39.0. The largest absolute Gasteiger partial charge is 0.480 e. The van der Waals surface area contributed by atoms with Crippen molar-refractivity contribution in [2.24, 2.45) is 0 Å². The van der Waals surface area contributed by atoms with Crippen LogP contribution in [0.3, 0.4) is 0 Å². The Morgan fingerprint density at radius 2 is 1.08 bits per heavy atom. The summed E-state index contributed by atoms with van der Waals surface area (Å²) in [5.41, 5.74) is 0. The third-order valence-corrected chi connectivity index (χ3v) is 7.42. The van der Waals surface area contributed by atoms with Gasteiger partial charge < -0.3 is 20.4 Å². The Bertz CT molecular complexity index is 675. The molecule has 1 unspecified atom stereocenters. The summed E-state index contributed by atoms with van der Waals surface area (Å²) in [6.07, 6.45) is 5.49. The van der Waals surface area contributed by atoms with E-state index in [9.17, 15) is 34.8 Å². The molecule has 1 aliphatic carbocycles. The van der Waals surface area contributed by atoms with Crippen LogP contribution in [0.5, 0.6) is 0 Å². The second-order valence-electron chi connectivity index (χ2n) is 10.3. The Balaban J connectivity index is 2.08. The van der Waals surface area contributed by atoms with Crippen molar-refractivity contribution in [1.82, 2.24) is 24.5 Å². The van der Waals surface area contributed by atoms with Gasteiger partial charge in [-0.15, -0.1) is 0 Å². The van der Waals surface area contributed by atoms with Gasteiger partial charge in [-0.1, -0.05) is 26.2 Å². The molecular formula is C25H47N5O7. The van der Waals surface area contributed by atoms with Crippen LogP contribution >= 0.6 is 0 Å². The number of carboxylic acid groups (broad SMARTS) is 3. The lowest BCUT2D eigenvalue weighted by Crippen LogP contribution is -2.50. The van der Waals surface area contributed by atoms with Crippen LogP contribution in [0.15, 0.2) is 0 Å². The van der Waals surface area contributed by atoms with Gasteiger partial charge in [0.15, 0.2) is 0 Å². The predicted octanol–water partition coefficient (Wildman–Crippen LogP) is -0.523. The van der Waals surface area contributed by atoms with E-state index < -0.39 is 24.0 Å². The zero-order chi connectivity index (χ0) is 27.2. The average molecular weight is 530 g/mol. The molecule has 12 nitrogen and oxygen atoms in total. The molecule has 0 spiro atoms. The third kappa shape index (κ3) is 13.0. The van der Waals surface area contributed by atoms with Crippen molar-refractivity contribution in [1.29, 1.82) is 0 Å². The summed E-state index contributed by atoms with van der Waals surface area (Å²) >= 11 is 0. The summed E-state index contributed by atoms with van der Waals surface area (Å²) in [5.74, 6) is -2.86. The van der Waals surface area contributed by atoms with Crippen molar-refractivity contribution >= 4 is 17.9 Å². The van der Waals surface area contributed by atoms with E-state index in [4.69, 9.17) is 0 Å². The minimum Gasteiger partial charge on any atom is -0.480 e. The van der Waals surface area contributed by atoms with Gasteiger partial charge in [0, 0.05) is 71.5 Å². The van der Waals surface area contributed by atoms with E-state index in [0.717, 1.165) is 19.4 Å². The number of hydrogen-bond donors (Lipinski definition) is 4. The molecule has 0 amide bonds. The van der Waals surface area contributed by atoms with E-state index >= 15 is 0 Å². The molecule has 1 aliphatic heterocycles. The number of aliphatic hydroxyl groups excluding tert-OH is 1. The highest BCUT2D eigenvalue weighted by Crippen LogP contribution is 2.22.